The second-order valence-electron chi connectivity index (χ2n) is 7.60. The molecule has 0 aromatic heterocycles. The first-order valence-corrected chi connectivity index (χ1v) is 11.7. The van der Waals surface area contributed by atoms with Crippen molar-refractivity contribution in [1.29, 1.82) is 0 Å². The molecule has 5 heteroatoms. The van der Waals surface area contributed by atoms with Gasteiger partial charge in [-0.15, -0.1) is 0 Å². The third-order valence-electron chi connectivity index (χ3n) is 4.24. The predicted molar refractivity (Wildman–Crippen MR) is 122 cm³/mol. The van der Waals surface area contributed by atoms with Gasteiger partial charge in [0.25, 0.3) is 0 Å². The van der Waals surface area contributed by atoms with Crippen molar-refractivity contribution in [2.24, 2.45) is 0 Å². The number of benzene rings is 4. The molecule has 0 saturated carbocycles. The smallest absolute Gasteiger partial charge is 0.179 e. The summed E-state index contributed by atoms with van der Waals surface area (Å²) in [6.07, 6.45) is 0.646. The Balaban J connectivity index is 0.000000259. The Morgan fingerprint density at radius 1 is 0.516 bits per heavy atom. The normalized spacial score (nSPS) is 10.8. The van der Waals surface area contributed by atoms with Crippen LogP contribution in [0.3, 0.4) is 0 Å². The molecule has 0 bridgehead atoms. The van der Waals surface area contributed by atoms with Gasteiger partial charge in [0.05, 0.1) is 0 Å². The summed E-state index contributed by atoms with van der Waals surface area (Å²) in [5, 5.41) is 4.62. The molecular formula is C26H28O4Ti. The predicted octanol–water partition coefficient (Wildman–Crippen LogP) is 7.11. The molecule has 31 heavy (non-hydrogen) atoms. The summed E-state index contributed by atoms with van der Waals surface area (Å²) in [4.78, 5) is 10.9. The van der Waals surface area contributed by atoms with Crippen LogP contribution in [0.25, 0.3) is 21.5 Å². The standard InChI is InChI=1S/C20H14O2.2C3H7O.Ti/c1-3-7-17-13-19(11-9-15(17)5-1)21-22-20-12-10-16-6-2-4-8-18(16)14-20;2*1-3(2)4;/h1-14H;2*3H,1-2H3;/q;2*-1;+2. The van der Waals surface area contributed by atoms with Crippen LogP contribution in [0, 0.1) is 0 Å². The van der Waals surface area contributed by atoms with Gasteiger partial charge in [0.1, 0.15) is 0 Å². The van der Waals surface area contributed by atoms with Gasteiger partial charge < -0.3 is 0 Å². The van der Waals surface area contributed by atoms with Gasteiger partial charge in [-0.25, -0.2) is 0 Å². The third kappa shape index (κ3) is 7.68. The van der Waals surface area contributed by atoms with Crippen LogP contribution in [0.15, 0.2) is 84.9 Å². The van der Waals surface area contributed by atoms with Crippen LogP contribution in [0.2, 0.25) is 0 Å². The average molecular weight is 452 g/mol. The third-order valence-corrected chi connectivity index (χ3v) is 6.02. The number of fused-ring (bicyclic) bond motifs is 2. The molecular weight excluding hydrogens is 424 g/mol. The maximum absolute atomic E-state index is 5.45. The van der Waals surface area contributed by atoms with Crippen LogP contribution < -0.4 is 9.78 Å². The number of hydrogen-bond donors (Lipinski definition) is 0. The van der Waals surface area contributed by atoms with Gasteiger partial charge >= 0.3 is 66.5 Å². The summed E-state index contributed by atoms with van der Waals surface area (Å²) in [6.45, 7) is 8.08. The van der Waals surface area contributed by atoms with Crippen molar-refractivity contribution in [3.63, 3.8) is 0 Å². The summed E-state index contributed by atoms with van der Waals surface area (Å²) in [7, 11) is 0. The Labute approximate surface area is 193 Å². The average Bonchev–Trinajstić information content (AvgIpc) is 2.77. The van der Waals surface area contributed by atoms with E-state index in [2.05, 4.69) is 24.3 Å². The van der Waals surface area contributed by atoms with E-state index in [4.69, 9.17) is 16.4 Å². The number of hydrogen-bond acceptors (Lipinski definition) is 4. The van der Waals surface area contributed by atoms with Crippen LogP contribution in [0.5, 0.6) is 11.5 Å². The monoisotopic (exact) mass is 452 g/mol. The summed E-state index contributed by atoms with van der Waals surface area (Å²) in [5.41, 5.74) is 0. The Hall–Kier alpha value is -2.37. The van der Waals surface area contributed by atoms with E-state index in [-0.39, 0.29) is 0 Å². The topological polar surface area (TPSA) is 36.9 Å². The van der Waals surface area contributed by atoms with Crippen LogP contribution in [-0.2, 0) is 26.6 Å². The van der Waals surface area contributed by atoms with Gasteiger partial charge in [-0.1, -0.05) is 60.7 Å². The zero-order valence-electron chi connectivity index (χ0n) is 18.4. The Bertz CT molecular complexity index is 1010. The molecule has 0 aliphatic carbocycles. The van der Waals surface area contributed by atoms with Gasteiger partial charge in [-0.3, -0.25) is 9.78 Å². The molecule has 0 aliphatic rings. The first-order valence-electron chi connectivity index (χ1n) is 10.4. The fourth-order valence-electron chi connectivity index (χ4n) is 2.75. The van der Waals surface area contributed by atoms with E-state index in [1.54, 1.807) is 0 Å². The van der Waals surface area contributed by atoms with Gasteiger partial charge in [-0.05, 0) is 45.8 Å². The largest absolute Gasteiger partial charge is 0.290 e. The molecule has 0 atom stereocenters. The molecule has 0 fully saturated rings. The van der Waals surface area contributed by atoms with E-state index in [0.29, 0.717) is 23.7 Å². The molecule has 4 rings (SSSR count). The zero-order chi connectivity index (χ0) is 22.1. The first kappa shape index (κ1) is 23.3. The quantitative estimate of drug-likeness (QED) is 0.170. The minimum atomic E-state index is -0.574. The van der Waals surface area contributed by atoms with Gasteiger partial charge in [0, 0.05) is 0 Å². The summed E-state index contributed by atoms with van der Waals surface area (Å²) in [6, 6.07) is 28.1. The van der Waals surface area contributed by atoms with Gasteiger partial charge in [0.15, 0.2) is 11.5 Å². The second-order valence-corrected chi connectivity index (χ2v) is 8.60. The van der Waals surface area contributed by atoms with Crippen molar-refractivity contribution in [2.45, 2.75) is 39.9 Å². The molecule has 0 spiro atoms. The van der Waals surface area contributed by atoms with Crippen LogP contribution >= 0.6 is 0 Å². The van der Waals surface area contributed by atoms with Crippen molar-refractivity contribution in [3.8, 4) is 11.5 Å². The SMILES string of the molecule is CC(C)[O][Ti][O]C(C)C.c1ccc2cc(OOc3ccc4ccccc4c3)ccc2c1. The molecule has 4 nitrogen and oxygen atoms in total. The van der Waals surface area contributed by atoms with Gasteiger partial charge in [0.2, 0.25) is 0 Å². The van der Waals surface area contributed by atoms with Crippen molar-refractivity contribution in [2.75, 3.05) is 0 Å². The first-order chi connectivity index (χ1) is 15.0. The summed E-state index contributed by atoms with van der Waals surface area (Å²) < 4.78 is 10.5. The summed E-state index contributed by atoms with van der Waals surface area (Å²) in [5.74, 6) is 1.37. The van der Waals surface area contributed by atoms with Crippen molar-refractivity contribution in [3.05, 3.63) is 84.9 Å². The molecule has 0 saturated heterocycles. The zero-order valence-corrected chi connectivity index (χ0v) is 19.9. The number of rotatable bonds is 7. The summed E-state index contributed by atoms with van der Waals surface area (Å²) >= 11 is -0.574. The molecule has 4 aromatic carbocycles. The minimum absolute atomic E-state index is 0.323. The van der Waals surface area contributed by atoms with E-state index < -0.39 is 19.9 Å². The fraction of sp³-hybridized carbons (Fsp3) is 0.231. The molecule has 0 N–H and O–H groups in total. The fourth-order valence-corrected chi connectivity index (χ4v) is 3.44. The van der Waals surface area contributed by atoms with E-state index >= 15 is 0 Å². The second kappa shape index (κ2) is 11.9. The van der Waals surface area contributed by atoms with E-state index in [9.17, 15) is 0 Å². The molecule has 4 aromatic rings. The maximum atomic E-state index is 5.45. The van der Waals surface area contributed by atoms with Crippen LogP contribution in [0.1, 0.15) is 27.7 Å². The minimum Gasteiger partial charge on any atom is -0.290 e. The van der Waals surface area contributed by atoms with E-state index in [1.165, 1.54) is 10.8 Å². The maximum Gasteiger partial charge on any atom is 0.179 e. The van der Waals surface area contributed by atoms with Crippen LogP contribution in [0.4, 0.5) is 0 Å². The Kier molecular flexibility index (Phi) is 8.92. The van der Waals surface area contributed by atoms with Crippen molar-refractivity contribution < 1.29 is 36.3 Å². The molecule has 0 unspecified atom stereocenters. The van der Waals surface area contributed by atoms with Gasteiger partial charge in [-0.2, -0.15) is 0 Å². The molecule has 0 aliphatic heterocycles. The molecule has 0 radical (unpaired) electrons. The molecule has 160 valence electrons. The van der Waals surface area contributed by atoms with Crippen molar-refractivity contribution in [1.82, 2.24) is 0 Å². The van der Waals surface area contributed by atoms with Crippen LogP contribution in [-0.4, -0.2) is 12.2 Å². The molecule has 0 amide bonds. The Morgan fingerprint density at radius 3 is 1.29 bits per heavy atom. The molecule has 0 heterocycles. The van der Waals surface area contributed by atoms with E-state index in [0.717, 1.165) is 10.8 Å². The van der Waals surface area contributed by atoms with E-state index in [1.807, 2.05) is 88.4 Å². The van der Waals surface area contributed by atoms with Crippen molar-refractivity contribution >= 4 is 21.5 Å². The Morgan fingerprint density at radius 2 is 0.903 bits per heavy atom.